The summed E-state index contributed by atoms with van der Waals surface area (Å²) in [5.41, 5.74) is 3.67. The van der Waals surface area contributed by atoms with Gasteiger partial charge in [0.05, 0.1) is 12.2 Å². The molecule has 0 saturated carbocycles. The lowest BCUT2D eigenvalue weighted by Gasteiger charge is -2.15. The minimum absolute atomic E-state index is 0.301. The fourth-order valence-electron chi connectivity index (χ4n) is 1.70. The third kappa shape index (κ3) is 4.96. The monoisotopic (exact) mass is 311 g/mol. The van der Waals surface area contributed by atoms with Crippen LogP contribution < -0.4 is 15.3 Å². The van der Waals surface area contributed by atoms with E-state index >= 15 is 0 Å². The topological polar surface area (TPSA) is 90.8 Å². The van der Waals surface area contributed by atoms with Gasteiger partial charge in [-0.15, -0.1) is 0 Å². The number of carbonyl (C=O) groups is 2. The van der Waals surface area contributed by atoms with Gasteiger partial charge in [0.15, 0.2) is 0 Å². The maximum absolute atomic E-state index is 11.8. The Bertz CT molecular complexity index is 696. The Kier molecular flexibility index (Phi) is 5.46. The third-order valence-electron chi connectivity index (χ3n) is 2.94. The molecule has 0 aliphatic heterocycles. The van der Waals surface area contributed by atoms with Gasteiger partial charge in [-0.2, -0.15) is 5.10 Å². The number of aliphatic carboxylic acids is 1. The van der Waals surface area contributed by atoms with E-state index in [4.69, 9.17) is 4.74 Å². The molecule has 1 amide bonds. The van der Waals surface area contributed by atoms with Crippen molar-refractivity contribution in [3.63, 3.8) is 0 Å². The quantitative estimate of drug-likeness (QED) is 0.635. The van der Waals surface area contributed by atoms with Gasteiger partial charge in [-0.1, -0.05) is 18.2 Å². The van der Waals surface area contributed by atoms with Gasteiger partial charge >= 0.3 is 0 Å². The molecule has 0 bridgehead atoms. The van der Waals surface area contributed by atoms with Crippen LogP contribution in [0.25, 0.3) is 0 Å². The number of ether oxygens (including phenoxy) is 1. The number of nitrogens with one attached hydrogen (secondary N) is 1. The number of carbonyl (C=O) groups excluding carboxylic acids is 2. The largest absolute Gasteiger partial charge is 0.546 e. The molecule has 23 heavy (non-hydrogen) atoms. The first-order valence-electron chi connectivity index (χ1n) is 6.92. The van der Waals surface area contributed by atoms with Gasteiger partial charge in [-0.25, -0.2) is 5.43 Å². The molecule has 0 radical (unpaired) electrons. The zero-order chi connectivity index (χ0) is 16.7. The van der Waals surface area contributed by atoms with Crippen LogP contribution in [0.15, 0.2) is 59.7 Å². The van der Waals surface area contributed by atoms with Crippen molar-refractivity contribution in [3.8, 4) is 5.75 Å². The molecular weight excluding hydrogens is 296 g/mol. The van der Waals surface area contributed by atoms with Crippen LogP contribution in [0.5, 0.6) is 5.75 Å². The van der Waals surface area contributed by atoms with E-state index < -0.39 is 12.1 Å². The highest BCUT2D eigenvalue weighted by Gasteiger charge is 2.04. The fourth-order valence-corrected chi connectivity index (χ4v) is 1.70. The van der Waals surface area contributed by atoms with Gasteiger partial charge in [-0.3, -0.25) is 4.79 Å². The molecule has 118 valence electrons. The van der Waals surface area contributed by atoms with Crippen molar-refractivity contribution in [2.75, 3.05) is 0 Å². The van der Waals surface area contributed by atoms with Crippen molar-refractivity contribution in [2.45, 2.75) is 13.0 Å². The van der Waals surface area contributed by atoms with Crippen LogP contribution in [0.3, 0.4) is 0 Å². The highest BCUT2D eigenvalue weighted by Crippen LogP contribution is 2.12. The molecule has 0 fully saturated rings. The predicted octanol–water partition coefficient (Wildman–Crippen LogP) is 0.968. The second-order valence-corrected chi connectivity index (χ2v) is 4.71. The van der Waals surface area contributed by atoms with Gasteiger partial charge in [-0.05, 0) is 48.9 Å². The van der Waals surface area contributed by atoms with Crippen LogP contribution in [-0.2, 0) is 4.79 Å². The molecule has 1 atom stereocenters. The van der Waals surface area contributed by atoms with E-state index in [1.807, 2.05) is 6.07 Å². The molecule has 0 unspecified atom stereocenters. The molecule has 0 aliphatic rings. The second kappa shape index (κ2) is 7.74. The average molecular weight is 311 g/mol. The van der Waals surface area contributed by atoms with Gasteiger partial charge in [0.2, 0.25) is 0 Å². The summed E-state index contributed by atoms with van der Waals surface area (Å²) in [5.74, 6) is -1.17. The van der Waals surface area contributed by atoms with E-state index in [9.17, 15) is 14.7 Å². The Labute approximate surface area is 133 Å². The van der Waals surface area contributed by atoms with Crippen molar-refractivity contribution < 1.29 is 19.4 Å². The first kappa shape index (κ1) is 16.2. The highest BCUT2D eigenvalue weighted by atomic mass is 16.5. The van der Waals surface area contributed by atoms with Crippen molar-refractivity contribution >= 4 is 18.1 Å². The minimum Gasteiger partial charge on any atom is -0.546 e. The molecule has 2 rings (SSSR count). The molecule has 2 aromatic rings. The Morgan fingerprint density at radius 1 is 1.13 bits per heavy atom. The smallest absolute Gasteiger partial charge is 0.271 e. The molecule has 0 saturated heterocycles. The average Bonchev–Trinajstić information content (AvgIpc) is 2.57. The normalized spacial score (nSPS) is 11.9. The van der Waals surface area contributed by atoms with Crippen molar-refractivity contribution in [1.29, 1.82) is 0 Å². The van der Waals surface area contributed by atoms with Gasteiger partial charge < -0.3 is 14.6 Å². The number of amides is 1. The summed E-state index contributed by atoms with van der Waals surface area (Å²) in [5, 5.41) is 14.5. The zero-order valence-electron chi connectivity index (χ0n) is 12.4. The van der Waals surface area contributed by atoms with Gasteiger partial charge in [0, 0.05) is 5.56 Å². The summed E-state index contributed by atoms with van der Waals surface area (Å²) < 4.78 is 5.16. The Balaban J connectivity index is 1.90. The summed E-state index contributed by atoms with van der Waals surface area (Å²) >= 11 is 0. The number of carboxylic acids is 1. The van der Waals surface area contributed by atoms with Gasteiger partial charge in [0.1, 0.15) is 11.9 Å². The molecular formula is C17H15N2O4-. The zero-order valence-corrected chi connectivity index (χ0v) is 12.4. The Hall–Kier alpha value is -3.15. The summed E-state index contributed by atoms with van der Waals surface area (Å²) in [6.45, 7) is 1.39. The lowest BCUT2D eigenvalue weighted by molar-refractivity contribution is -0.312. The number of hydrazone groups is 1. The van der Waals surface area contributed by atoms with E-state index in [0.29, 0.717) is 11.3 Å². The highest BCUT2D eigenvalue weighted by molar-refractivity contribution is 5.94. The van der Waals surface area contributed by atoms with Crippen LogP contribution >= 0.6 is 0 Å². The minimum atomic E-state index is -1.28. The molecule has 0 aromatic heterocycles. The summed E-state index contributed by atoms with van der Waals surface area (Å²) in [7, 11) is 0. The standard InChI is InChI=1S/C17H16N2O4/c1-12(17(21)22)23-15-9-7-13(8-10-15)11-18-19-16(20)14-5-3-2-4-6-14/h2-12H,1H3,(H,19,20)(H,21,22)/p-1/b18-11-/t12-/m0/s1. The van der Waals surface area contributed by atoms with Crippen LogP contribution in [0.1, 0.15) is 22.8 Å². The first-order valence-corrected chi connectivity index (χ1v) is 6.92. The molecule has 2 aromatic carbocycles. The number of carboxylic acid groups (broad SMARTS) is 1. The predicted molar refractivity (Wildman–Crippen MR) is 83.0 cm³/mol. The maximum atomic E-state index is 11.8. The van der Waals surface area contributed by atoms with Crippen LogP contribution in [-0.4, -0.2) is 24.2 Å². The number of hydrogen-bond acceptors (Lipinski definition) is 5. The van der Waals surface area contributed by atoms with Crippen LogP contribution in [0, 0.1) is 0 Å². The van der Waals surface area contributed by atoms with E-state index in [-0.39, 0.29) is 5.91 Å². The van der Waals surface area contributed by atoms with E-state index in [1.165, 1.54) is 13.1 Å². The number of hydrogen-bond donors (Lipinski definition) is 1. The molecule has 1 N–H and O–H groups in total. The molecule has 6 nitrogen and oxygen atoms in total. The van der Waals surface area contributed by atoms with E-state index in [1.54, 1.807) is 48.5 Å². The lowest BCUT2D eigenvalue weighted by atomic mass is 10.2. The summed E-state index contributed by atoms with van der Waals surface area (Å²) in [6, 6.07) is 15.3. The number of nitrogens with zero attached hydrogens (tertiary/aromatic N) is 1. The second-order valence-electron chi connectivity index (χ2n) is 4.71. The van der Waals surface area contributed by atoms with Crippen LogP contribution in [0.2, 0.25) is 0 Å². The molecule has 0 heterocycles. The molecule has 0 aliphatic carbocycles. The molecule has 0 spiro atoms. The van der Waals surface area contributed by atoms with Crippen molar-refractivity contribution in [2.24, 2.45) is 5.10 Å². The lowest BCUT2D eigenvalue weighted by Crippen LogP contribution is -2.37. The summed E-state index contributed by atoms with van der Waals surface area (Å²) in [4.78, 5) is 22.4. The Morgan fingerprint density at radius 3 is 2.39 bits per heavy atom. The SMILES string of the molecule is C[C@H](Oc1ccc(/C=N\NC(=O)c2ccccc2)cc1)C(=O)[O-]. The number of rotatable bonds is 6. The van der Waals surface area contributed by atoms with E-state index in [0.717, 1.165) is 5.56 Å². The van der Waals surface area contributed by atoms with Crippen LogP contribution in [0.4, 0.5) is 0 Å². The summed E-state index contributed by atoms with van der Waals surface area (Å²) in [6.07, 6.45) is 0.451. The van der Waals surface area contributed by atoms with Gasteiger partial charge in [0.25, 0.3) is 5.91 Å². The van der Waals surface area contributed by atoms with E-state index in [2.05, 4.69) is 10.5 Å². The Morgan fingerprint density at radius 2 is 1.78 bits per heavy atom. The number of benzene rings is 2. The fraction of sp³-hybridized carbons (Fsp3) is 0.118. The van der Waals surface area contributed by atoms with Crippen molar-refractivity contribution in [1.82, 2.24) is 5.43 Å². The third-order valence-corrected chi connectivity index (χ3v) is 2.94. The maximum Gasteiger partial charge on any atom is 0.271 e. The molecule has 6 heteroatoms. The van der Waals surface area contributed by atoms with Crippen molar-refractivity contribution in [3.05, 3.63) is 65.7 Å². The first-order chi connectivity index (χ1) is 11.1.